The first-order valence-electron chi connectivity index (χ1n) is 8.41. The molecule has 3 unspecified atom stereocenters. The standard InChI is InChI=1S/C20H26O3/c1-13-6-5-8-19(3)17(20(4,22)9-7-18(19)21)11-15-14(2)12-23-16(15)10-13/h6-7,9,12,17,22H,5,8,10-11H2,1-4H3. The van der Waals surface area contributed by atoms with Gasteiger partial charge in [0.1, 0.15) is 5.76 Å². The van der Waals surface area contributed by atoms with Gasteiger partial charge in [-0.05, 0) is 63.3 Å². The van der Waals surface area contributed by atoms with E-state index in [0.717, 1.165) is 36.1 Å². The van der Waals surface area contributed by atoms with Crippen LogP contribution in [-0.4, -0.2) is 16.5 Å². The van der Waals surface area contributed by atoms with Crippen molar-refractivity contribution in [1.82, 2.24) is 0 Å². The van der Waals surface area contributed by atoms with Crippen LogP contribution in [0.5, 0.6) is 0 Å². The predicted octanol–water partition coefficient (Wildman–Crippen LogP) is 3.93. The Bertz CT molecular complexity index is 690. The number of hydrogen-bond acceptors (Lipinski definition) is 3. The lowest BCUT2D eigenvalue weighted by Gasteiger charge is -2.46. The van der Waals surface area contributed by atoms with Gasteiger partial charge in [0.05, 0.1) is 11.9 Å². The maximum absolute atomic E-state index is 12.7. The highest BCUT2D eigenvalue weighted by atomic mass is 16.3. The lowest BCUT2D eigenvalue weighted by atomic mass is 9.59. The van der Waals surface area contributed by atoms with E-state index < -0.39 is 11.0 Å². The molecule has 1 heterocycles. The molecule has 0 amide bonds. The predicted molar refractivity (Wildman–Crippen MR) is 90.2 cm³/mol. The fraction of sp³-hybridized carbons (Fsp3) is 0.550. The van der Waals surface area contributed by atoms with Crippen molar-refractivity contribution in [3.8, 4) is 0 Å². The van der Waals surface area contributed by atoms with Gasteiger partial charge >= 0.3 is 0 Å². The normalized spacial score (nSPS) is 34.6. The van der Waals surface area contributed by atoms with Crippen molar-refractivity contribution >= 4 is 5.78 Å². The number of carbonyl (C=O) groups excluding carboxylic acids is 1. The number of carbonyl (C=O) groups is 1. The zero-order valence-corrected chi connectivity index (χ0v) is 14.5. The maximum Gasteiger partial charge on any atom is 0.161 e. The van der Waals surface area contributed by atoms with Crippen LogP contribution in [0.3, 0.4) is 0 Å². The largest absolute Gasteiger partial charge is 0.468 e. The summed E-state index contributed by atoms with van der Waals surface area (Å²) < 4.78 is 5.77. The van der Waals surface area contributed by atoms with E-state index in [0.29, 0.717) is 6.42 Å². The Morgan fingerprint density at radius 2 is 2.04 bits per heavy atom. The molecule has 1 N–H and O–H groups in total. The van der Waals surface area contributed by atoms with E-state index in [-0.39, 0.29) is 11.7 Å². The molecule has 1 aromatic heterocycles. The average Bonchev–Trinajstić information content (AvgIpc) is 2.80. The molecule has 1 aromatic rings. The Labute approximate surface area is 138 Å². The molecule has 0 bridgehead atoms. The second-order valence-corrected chi connectivity index (χ2v) is 7.68. The van der Waals surface area contributed by atoms with Crippen LogP contribution in [0.15, 0.2) is 34.5 Å². The molecule has 0 aliphatic heterocycles. The van der Waals surface area contributed by atoms with Gasteiger partial charge in [-0.1, -0.05) is 18.6 Å². The van der Waals surface area contributed by atoms with Gasteiger partial charge in [-0.25, -0.2) is 0 Å². The Balaban J connectivity index is 2.13. The molecule has 2 aliphatic rings. The van der Waals surface area contributed by atoms with Crippen molar-refractivity contribution in [3.05, 3.63) is 47.0 Å². The minimum atomic E-state index is -0.985. The highest BCUT2D eigenvalue weighted by Crippen LogP contribution is 2.47. The number of rotatable bonds is 0. The van der Waals surface area contributed by atoms with Crippen molar-refractivity contribution in [3.63, 3.8) is 0 Å². The molecule has 3 heteroatoms. The highest BCUT2D eigenvalue weighted by Gasteiger charge is 2.50. The summed E-state index contributed by atoms with van der Waals surface area (Å²) in [4.78, 5) is 12.7. The van der Waals surface area contributed by atoms with Crippen molar-refractivity contribution in [2.45, 2.75) is 59.0 Å². The quantitative estimate of drug-likeness (QED) is 0.738. The first-order chi connectivity index (χ1) is 10.7. The van der Waals surface area contributed by atoms with E-state index in [1.807, 2.05) is 20.8 Å². The van der Waals surface area contributed by atoms with Crippen molar-refractivity contribution in [2.75, 3.05) is 0 Å². The van der Waals surface area contributed by atoms with Crippen LogP contribution < -0.4 is 0 Å². The number of hydrogen-bond donors (Lipinski definition) is 1. The molecule has 0 radical (unpaired) electrons. The zero-order valence-electron chi connectivity index (χ0n) is 14.5. The number of allylic oxidation sites excluding steroid dienone is 3. The summed E-state index contributed by atoms with van der Waals surface area (Å²) in [6.45, 7) is 7.99. The Kier molecular flexibility index (Phi) is 3.88. The maximum atomic E-state index is 12.7. The Morgan fingerprint density at radius 3 is 2.78 bits per heavy atom. The molecule has 0 fully saturated rings. The monoisotopic (exact) mass is 314 g/mol. The van der Waals surface area contributed by atoms with Crippen LogP contribution in [-0.2, 0) is 17.6 Å². The van der Waals surface area contributed by atoms with E-state index in [9.17, 15) is 9.90 Å². The summed E-state index contributed by atoms with van der Waals surface area (Å²) in [5, 5.41) is 11.0. The number of aliphatic hydroxyl groups is 1. The van der Waals surface area contributed by atoms with E-state index in [1.165, 1.54) is 5.57 Å². The molecule has 23 heavy (non-hydrogen) atoms. The number of aryl methyl sites for hydroxylation is 1. The Hall–Kier alpha value is -1.61. The third-order valence-electron chi connectivity index (χ3n) is 5.80. The Morgan fingerprint density at radius 1 is 1.30 bits per heavy atom. The van der Waals surface area contributed by atoms with Gasteiger partial charge in [-0.15, -0.1) is 0 Å². The lowest BCUT2D eigenvalue weighted by Crippen LogP contribution is -2.51. The molecule has 0 aromatic carbocycles. The van der Waals surface area contributed by atoms with Gasteiger partial charge < -0.3 is 9.52 Å². The fourth-order valence-corrected chi connectivity index (χ4v) is 4.19. The van der Waals surface area contributed by atoms with E-state index in [1.54, 1.807) is 18.4 Å². The number of furan rings is 1. The first kappa shape index (κ1) is 16.3. The molecule has 124 valence electrons. The second-order valence-electron chi connectivity index (χ2n) is 7.68. The van der Waals surface area contributed by atoms with E-state index >= 15 is 0 Å². The molecule has 0 saturated heterocycles. The average molecular weight is 314 g/mol. The second kappa shape index (κ2) is 5.48. The number of ketones is 1. The first-order valence-corrected chi connectivity index (χ1v) is 8.41. The molecule has 0 spiro atoms. The van der Waals surface area contributed by atoms with E-state index in [4.69, 9.17) is 4.42 Å². The van der Waals surface area contributed by atoms with Gasteiger partial charge in [-0.3, -0.25) is 4.79 Å². The van der Waals surface area contributed by atoms with Gasteiger partial charge in [-0.2, -0.15) is 0 Å². The van der Waals surface area contributed by atoms with Gasteiger partial charge in [0.15, 0.2) is 5.78 Å². The third kappa shape index (κ3) is 2.72. The fourth-order valence-electron chi connectivity index (χ4n) is 4.19. The summed E-state index contributed by atoms with van der Waals surface area (Å²) in [7, 11) is 0. The van der Waals surface area contributed by atoms with Crippen molar-refractivity contribution < 1.29 is 14.3 Å². The van der Waals surface area contributed by atoms with Crippen LogP contribution in [0.25, 0.3) is 0 Å². The lowest BCUT2D eigenvalue weighted by molar-refractivity contribution is -0.134. The molecule has 3 rings (SSSR count). The molecule has 0 saturated carbocycles. The summed E-state index contributed by atoms with van der Waals surface area (Å²) in [6.07, 6.45) is 10.3. The highest BCUT2D eigenvalue weighted by molar-refractivity contribution is 5.96. The van der Waals surface area contributed by atoms with Crippen molar-refractivity contribution in [2.24, 2.45) is 11.3 Å². The van der Waals surface area contributed by atoms with Crippen LogP contribution in [0.4, 0.5) is 0 Å². The van der Waals surface area contributed by atoms with Crippen LogP contribution >= 0.6 is 0 Å². The van der Waals surface area contributed by atoms with Gasteiger partial charge in [0, 0.05) is 17.8 Å². The third-order valence-corrected chi connectivity index (χ3v) is 5.80. The summed E-state index contributed by atoms with van der Waals surface area (Å²) in [6, 6.07) is 0. The molecule has 3 atom stereocenters. The smallest absolute Gasteiger partial charge is 0.161 e. The van der Waals surface area contributed by atoms with Crippen LogP contribution in [0, 0.1) is 18.3 Å². The van der Waals surface area contributed by atoms with E-state index in [2.05, 4.69) is 13.0 Å². The van der Waals surface area contributed by atoms with Gasteiger partial charge in [0.2, 0.25) is 0 Å². The SMILES string of the molecule is CC1=CCCC2(C)C(=O)C=CC(C)(O)C2Cc2c(C)coc2C1. The summed E-state index contributed by atoms with van der Waals surface area (Å²) in [5.41, 5.74) is 2.00. The van der Waals surface area contributed by atoms with Crippen molar-refractivity contribution in [1.29, 1.82) is 0 Å². The minimum Gasteiger partial charge on any atom is -0.468 e. The summed E-state index contributed by atoms with van der Waals surface area (Å²) >= 11 is 0. The number of fused-ring (bicyclic) bond motifs is 2. The summed E-state index contributed by atoms with van der Waals surface area (Å²) in [5.74, 6) is 0.955. The van der Waals surface area contributed by atoms with Gasteiger partial charge in [0.25, 0.3) is 0 Å². The zero-order chi connectivity index (χ0) is 16.8. The molecular formula is C20H26O3. The molecule has 2 aliphatic carbocycles. The minimum absolute atomic E-state index is 0.128. The van der Waals surface area contributed by atoms with Crippen LogP contribution in [0.2, 0.25) is 0 Å². The molecule has 3 nitrogen and oxygen atoms in total. The van der Waals surface area contributed by atoms with Crippen LogP contribution in [0.1, 0.15) is 50.5 Å². The topological polar surface area (TPSA) is 50.4 Å². The molecular weight excluding hydrogens is 288 g/mol.